The summed E-state index contributed by atoms with van der Waals surface area (Å²) in [7, 11) is 0. The van der Waals surface area contributed by atoms with Gasteiger partial charge in [-0.1, -0.05) is 6.58 Å². The molecule has 1 aromatic carbocycles. The van der Waals surface area contributed by atoms with Crippen molar-refractivity contribution in [3.05, 3.63) is 34.7 Å². The van der Waals surface area contributed by atoms with Gasteiger partial charge in [-0.15, -0.1) is 34.3 Å². The summed E-state index contributed by atoms with van der Waals surface area (Å²) in [5.74, 6) is 1.31. The molecule has 3 rings (SSSR count). The Morgan fingerprint density at radius 3 is 3.16 bits per heavy atom. The third-order valence-electron chi connectivity index (χ3n) is 2.79. The molecule has 0 amide bonds. The molecule has 0 atom stereocenters. The minimum absolute atomic E-state index is 0.425. The van der Waals surface area contributed by atoms with Crippen LogP contribution in [0.5, 0.6) is 5.75 Å². The van der Waals surface area contributed by atoms with Crippen LogP contribution in [0.15, 0.2) is 29.7 Å². The van der Waals surface area contributed by atoms with Crippen molar-refractivity contribution in [3.63, 3.8) is 0 Å². The van der Waals surface area contributed by atoms with Crippen molar-refractivity contribution in [3.8, 4) is 5.75 Å². The average molecular weight is 310 g/mol. The molecule has 2 nitrogen and oxygen atoms in total. The molecule has 0 aliphatic heterocycles. The summed E-state index contributed by atoms with van der Waals surface area (Å²) in [6, 6.07) is 4.14. The van der Waals surface area contributed by atoms with Gasteiger partial charge in [0.25, 0.3) is 0 Å². The monoisotopic (exact) mass is 309 g/mol. The Morgan fingerprint density at radius 1 is 1.53 bits per heavy atom. The van der Waals surface area contributed by atoms with Crippen LogP contribution >= 0.6 is 34.3 Å². The molecule has 3 aromatic rings. The van der Waals surface area contributed by atoms with Gasteiger partial charge in [0, 0.05) is 17.3 Å². The number of hydrogen-bond acceptors (Lipinski definition) is 4. The highest BCUT2D eigenvalue weighted by Gasteiger charge is 2.12. The van der Waals surface area contributed by atoms with E-state index in [1.165, 1.54) is 9.40 Å². The molecule has 0 N–H and O–H groups in total. The molecule has 0 bridgehead atoms. The van der Waals surface area contributed by atoms with E-state index in [9.17, 15) is 0 Å². The van der Waals surface area contributed by atoms with Crippen molar-refractivity contribution in [2.45, 2.75) is 6.92 Å². The lowest BCUT2D eigenvalue weighted by Crippen LogP contribution is -2.01. The van der Waals surface area contributed by atoms with Crippen LogP contribution < -0.4 is 4.74 Å². The summed E-state index contributed by atoms with van der Waals surface area (Å²) >= 11 is 9.12. The SMILES string of the molecule is C=C(CCl)COc1cc2sc(C)nc2c2sccc12. The highest BCUT2D eigenvalue weighted by Crippen LogP contribution is 2.38. The van der Waals surface area contributed by atoms with Gasteiger partial charge in [0.2, 0.25) is 0 Å². The normalized spacial score (nSPS) is 11.3. The number of aryl methyl sites for hydroxylation is 1. The molecule has 0 unspecified atom stereocenters. The molecule has 5 heteroatoms. The number of hydrogen-bond donors (Lipinski definition) is 0. The van der Waals surface area contributed by atoms with E-state index in [2.05, 4.69) is 29.1 Å². The summed E-state index contributed by atoms with van der Waals surface area (Å²) in [6.07, 6.45) is 0. The standard InChI is InChI=1S/C14H12ClNOS2/c1-8(6-15)7-17-11-5-12-13(16-9(2)19-12)14-10(11)3-4-18-14/h3-5H,1,6-7H2,2H3. The fourth-order valence-corrected chi connectivity index (χ4v) is 3.83. The zero-order valence-electron chi connectivity index (χ0n) is 10.4. The van der Waals surface area contributed by atoms with Gasteiger partial charge in [-0.3, -0.25) is 0 Å². The van der Waals surface area contributed by atoms with Crippen molar-refractivity contribution in [2.75, 3.05) is 12.5 Å². The van der Waals surface area contributed by atoms with Crippen molar-refractivity contribution < 1.29 is 4.74 Å². The third-order valence-corrected chi connectivity index (χ3v) is 5.01. The van der Waals surface area contributed by atoms with E-state index in [4.69, 9.17) is 16.3 Å². The van der Waals surface area contributed by atoms with Gasteiger partial charge in [0.1, 0.15) is 12.4 Å². The topological polar surface area (TPSA) is 22.1 Å². The van der Waals surface area contributed by atoms with Gasteiger partial charge in [-0.2, -0.15) is 0 Å². The first-order valence-electron chi connectivity index (χ1n) is 5.82. The summed E-state index contributed by atoms with van der Waals surface area (Å²) in [6.45, 7) is 6.34. The highest BCUT2D eigenvalue weighted by atomic mass is 35.5. The fraction of sp³-hybridized carbons (Fsp3) is 0.214. The van der Waals surface area contributed by atoms with E-state index in [0.717, 1.165) is 27.2 Å². The molecule has 0 saturated carbocycles. The number of aromatic nitrogens is 1. The van der Waals surface area contributed by atoms with Crippen LogP contribution in [0.4, 0.5) is 0 Å². The lowest BCUT2D eigenvalue weighted by Gasteiger charge is -2.08. The van der Waals surface area contributed by atoms with Crippen molar-refractivity contribution in [1.29, 1.82) is 0 Å². The maximum absolute atomic E-state index is 5.85. The molecular formula is C14H12ClNOS2. The van der Waals surface area contributed by atoms with Crippen molar-refractivity contribution in [2.24, 2.45) is 0 Å². The Hall–Kier alpha value is -1.10. The Kier molecular flexibility index (Phi) is 3.48. The average Bonchev–Trinajstić information content (AvgIpc) is 3.00. The number of halogens is 1. The molecular weight excluding hydrogens is 298 g/mol. The molecule has 0 radical (unpaired) electrons. The van der Waals surface area contributed by atoms with Crippen molar-refractivity contribution in [1.82, 2.24) is 4.98 Å². The van der Waals surface area contributed by atoms with Gasteiger partial charge in [0.05, 0.1) is 19.9 Å². The third kappa shape index (κ3) is 2.36. The number of thiazole rings is 1. The Bertz CT molecular complexity index is 759. The van der Waals surface area contributed by atoms with Gasteiger partial charge < -0.3 is 4.74 Å². The maximum Gasteiger partial charge on any atom is 0.130 e. The van der Waals surface area contributed by atoms with Crippen LogP contribution in [0, 0.1) is 6.92 Å². The lowest BCUT2D eigenvalue weighted by atomic mass is 10.2. The largest absolute Gasteiger partial charge is 0.488 e. The summed E-state index contributed by atoms with van der Waals surface area (Å²) in [5.41, 5.74) is 1.96. The minimum Gasteiger partial charge on any atom is -0.488 e. The van der Waals surface area contributed by atoms with E-state index in [1.807, 2.05) is 6.92 Å². The number of rotatable bonds is 4. The first kappa shape index (κ1) is 12.9. The lowest BCUT2D eigenvalue weighted by molar-refractivity contribution is 0.358. The van der Waals surface area contributed by atoms with E-state index in [-0.39, 0.29) is 0 Å². The van der Waals surface area contributed by atoms with Crippen LogP contribution in [0.2, 0.25) is 0 Å². The van der Waals surface area contributed by atoms with Gasteiger partial charge in [-0.05, 0) is 23.9 Å². The van der Waals surface area contributed by atoms with Crippen LogP contribution in [-0.2, 0) is 0 Å². The molecule has 2 aromatic heterocycles. The quantitative estimate of drug-likeness (QED) is 0.500. The fourth-order valence-electron chi connectivity index (χ4n) is 1.92. The zero-order valence-corrected chi connectivity index (χ0v) is 12.8. The van der Waals surface area contributed by atoms with Crippen LogP contribution in [-0.4, -0.2) is 17.5 Å². The molecule has 2 heterocycles. The summed E-state index contributed by atoms with van der Waals surface area (Å²) in [4.78, 5) is 4.60. The van der Waals surface area contributed by atoms with Crippen LogP contribution in [0.25, 0.3) is 20.3 Å². The van der Waals surface area contributed by atoms with Gasteiger partial charge in [0.15, 0.2) is 0 Å². The Labute approximate surface area is 124 Å². The maximum atomic E-state index is 5.85. The number of ether oxygens (including phenoxy) is 1. The highest BCUT2D eigenvalue weighted by molar-refractivity contribution is 7.21. The molecule has 0 fully saturated rings. The van der Waals surface area contributed by atoms with Gasteiger partial charge >= 0.3 is 0 Å². The molecule has 0 saturated heterocycles. The molecule has 0 spiro atoms. The summed E-state index contributed by atoms with van der Waals surface area (Å²) in [5, 5.41) is 4.26. The summed E-state index contributed by atoms with van der Waals surface area (Å²) < 4.78 is 8.20. The second-order valence-electron chi connectivity index (χ2n) is 4.29. The zero-order chi connectivity index (χ0) is 13.4. The smallest absolute Gasteiger partial charge is 0.130 e. The predicted molar refractivity (Wildman–Crippen MR) is 85.1 cm³/mol. The number of benzene rings is 1. The minimum atomic E-state index is 0.425. The second kappa shape index (κ2) is 5.12. The molecule has 19 heavy (non-hydrogen) atoms. The molecule has 98 valence electrons. The van der Waals surface area contributed by atoms with Gasteiger partial charge in [-0.25, -0.2) is 4.98 Å². The predicted octanol–water partition coefficient (Wildman–Crippen LogP) is 4.99. The second-order valence-corrected chi connectivity index (χ2v) is 6.71. The van der Waals surface area contributed by atoms with Crippen LogP contribution in [0.1, 0.15) is 5.01 Å². The number of fused-ring (bicyclic) bond motifs is 3. The van der Waals surface area contributed by atoms with E-state index >= 15 is 0 Å². The Balaban J connectivity index is 2.10. The first-order chi connectivity index (χ1) is 9.19. The molecule has 0 aliphatic rings. The Morgan fingerprint density at radius 2 is 2.37 bits per heavy atom. The molecule has 0 aliphatic carbocycles. The van der Waals surface area contributed by atoms with Crippen molar-refractivity contribution >= 4 is 54.6 Å². The van der Waals surface area contributed by atoms with Crippen LogP contribution in [0.3, 0.4) is 0 Å². The number of thiophene rings is 1. The number of alkyl halides is 1. The van der Waals surface area contributed by atoms with E-state index in [0.29, 0.717) is 12.5 Å². The van der Waals surface area contributed by atoms with E-state index < -0.39 is 0 Å². The first-order valence-corrected chi connectivity index (χ1v) is 8.05. The number of nitrogens with zero attached hydrogens (tertiary/aromatic N) is 1. The van der Waals surface area contributed by atoms with E-state index in [1.54, 1.807) is 22.7 Å².